The Morgan fingerprint density at radius 3 is 2.77 bits per heavy atom. The molecule has 0 unspecified atom stereocenters. The lowest BCUT2D eigenvalue weighted by Crippen LogP contribution is -2.18. The number of methoxy groups -OCH3 is 1. The van der Waals surface area contributed by atoms with E-state index < -0.39 is 0 Å². The van der Waals surface area contributed by atoms with Crippen molar-refractivity contribution in [3.63, 3.8) is 0 Å². The van der Waals surface area contributed by atoms with Crippen molar-refractivity contribution in [3.05, 3.63) is 81.5 Å². The van der Waals surface area contributed by atoms with Crippen molar-refractivity contribution < 1.29 is 4.74 Å². The number of hydrogen-bond donors (Lipinski definition) is 2. The first kappa shape index (κ1) is 22.8. The number of H-pyrrole nitrogens is 1. The summed E-state index contributed by atoms with van der Waals surface area (Å²) in [6, 6.07) is 12.3. The van der Waals surface area contributed by atoms with Crippen LogP contribution in [0.15, 0.2) is 53.6 Å². The highest BCUT2D eigenvalue weighted by atomic mass is 32.2. The molecule has 0 saturated heterocycles. The summed E-state index contributed by atoms with van der Waals surface area (Å²) in [6.07, 6.45) is 3.68. The highest BCUT2D eigenvalue weighted by Crippen LogP contribution is 2.15. The van der Waals surface area contributed by atoms with Crippen LogP contribution in [0.5, 0.6) is 5.75 Å². The first-order chi connectivity index (χ1) is 15.0. The summed E-state index contributed by atoms with van der Waals surface area (Å²) in [5.41, 5.74) is 3.82. The summed E-state index contributed by atoms with van der Waals surface area (Å²) in [6.45, 7) is 1.67. The maximum atomic E-state index is 12.4. The lowest BCUT2D eigenvalue weighted by Gasteiger charge is -2.11. The molecule has 8 heteroatoms. The monoisotopic (exact) mass is 439 g/mol. The Bertz CT molecular complexity index is 1040. The molecule has 7 nitrogen and oxygen atoms in total. The summed E-state index contributed by atoms with van der Waals surface area (Å²) in [5, 5.41) is 3.19. The maximum Gasteiger partial charge on any atom is 0.255 e. The summed E-state index contributed by atoms with van der Waals surface area (Å²) in [7, 11) is 5.76. The van der Waals surface area contributed by atoms with Gasteiger partial charge >= 0.3 is 0 Å². The van der Waals surface area contributed by atoms with Gasteiger partial charge in [0.1, 0.15) is 5.75 Å². The topological polar surface area (TPSA) is 83.1 Å². The number of nitrogens with one attached hydrogen (secondary N) is 2. The molecule has 0 radical (unpaired) electrons. The molecule has 0 aliphatic rings. The number of aromatic nitrogens is 3. The van der Waals surface area contributed by atoms with E-state index in [0.717, 1.165) is 36.0 Å². The minimum atomic E-state index is -0.160. The van der Waals surface area contributed by atoms with E-state index in [4.69, 9.17) is 4.74 Å². The normalized spacial score (nSPS) is 11.0. The van der Waals surface area contributed by atoms with Gasteiger partial charge in [0.05, 0.1) is 7.11 Å². The summed E-state index contributed by atoms with van der Waals surface area (Å²) >= 11 is 1.85. The Morgan fingerprint density at radius 1 is 1.16 bits per heavy atom. The van der Waals surface area contributed by atoms with Crippen molar-refractivity contribution in [1.82, 2.24) is 19.9 Å². The number of pyridine rings is 1. The predicted octanol–water partition coefficient (Wildman–Crippen LogP) is 3.17. The molecule has 31 heavy (non-hydrogen) atoms. The molecule has 0 saturated carbocycles. The van der Waals surface area contributed by atoms with Gasteiger partial charge < -0.3 is 15.0 Å². The van der Waals surface area contributed by atoms with Gasteiger partial charge in [-0.15, -0.1) is 0 Å². The first-order valence-corrected chi connectivity index (χ1v) is 11.3. The third-order valence-corrected chi connectivity index (χ3v) is 5.60. The number of hydrogen-bond acceptors (Lipinski definition) is 7. The Balaban J connectivity index is 1.45. The van der Waals surface area contributed by atoms with E-state index in [-0.39, 0.29) is 5.56 Å². The first-order valence-electron chi connectivity index (χ1n) is 10.1. The van der Waals surface area contributed by atoms with Crippen molar-refractivity contribution in [2.24, 2.45) is 0 Å². The SMILES string of the molecule is COc1ccnc(Cc2cnc(NCCSCc3cccc(CN(C)C)c3)[nH]c2=O)c1. The molecule has 0 atom stereocenters. The smallest absolute Gasteiger partial charge is 0.255 e. The van der Waals surface area contributed by atoms with E-state index in [0.29, 0.717) is 17.9 Å². The molecule has 0 spiro atoms. The molecule has 3 aromatic rings. The van der Waals surface area contributed by atoms with Crippen LogP contribution in [-0.2, 0) is 18.7 Å². The largest absolute Gasteiger partial charge is 0.497 e. The van der Waals surface area contributed by atoms with Crippen molar-refractivity contribution >= 4 is 17.7 Å². The third-order valence-electron chi connectivity index (χ3n) is 4.57. The molecule has 3 rings (SSSR count). The van der Waals surface area contributed by atoms with Crippen LogP contribution in [0, 0.1) is 0 Å². The van der Waals surface area contributed by atoms with Gasteiger partial charge in [-0.25, -0.2) is 4.98 Å². The zero-order chi connectivity index (χ0) is 22.1. The van der Waals surface area contributed by atoms with E-state index in [1.165, 1.54) is 11.1 Å². The van der Waals surface area contributed by atoms with E-state index >= 15 is 0 Å². The molecule has 164 valence electrons. The molecule has 0 bridgehead atoms. The average Bonchev–Trinajstić information content (AvgIpc) is 2.75. The average molecular weight is 440 g/mol. The van der Waals surface area contributed by atoms with Crippen molar-refractivity contribution in [3.8, 4) is 5.75 Å². The molecule has 1 aromatic carbocycles. The Morgan fingerprint density at radius 2 is 2.00 bits per heavy atom. The Kier molecular flexibility index (Phi) is 8.49. The number of rotatable bonds is 11. The van der Waals surface area contributed by atoms with Gasteiger partial charge in [0.15, 0.2) is 0 Å². The van der Waals surface area contributed by atoms with E-state index in [9.17, 15) is 4.79 Å². The second-order valence-corrected chi connectivity index (χ2v) is 8.59. The van der Waals surface area contributed by atoms with E-state index in [1.54, 1.807) is 25.6 Å². The van der Waals surface area contributed by atoms with Gasteiger partial charge in [0.2, 0.25) is 5.95 Å². The summed E-state index contributed by atoms with van der Waals surface area (Å²) in [5.74, 6) is 3.08. The fourth-order valence-corrected chi connectivity index (χ4v) is 3.93. The second kappa shape index (κ2) is 11.5. The molecule has 0 aliphatic carbocycles. The van der Waals surface area contributed by atoms with Crippen molar-refractivity contribution in [2.45, 2.75) is 18.7 Å². The lowest BCUT2D eigenvalue weighted by atomic mass is 10.1. The van der Waals surface area contributed by atoms with Crippen molar-refractivity contribution in [1.29, 1.82) is 0 Å². The molecular formula is C23H29N5O2S. The van der Waals surface area contributed by atoms with Crippen LogP contribution in [0.2, 0.25) is 0 Å². The minimum absolute atomic E-state index is 0.160. The summed E-state index contributed by atoms with van der Waals surface area (Å²) in [4.78, 5) is 26.0. The van der Waals surface area contributed by atoms with Gasteiger partial charge in [0.25, 0.3) is 5.56 Å². The van der Waals surface area contributed by atoms with Gasteiger partial charge in [-0.1, -0.05) is 24.3 Å². The maximum absolute atomic E-state index is 12.4. The Hall–Kier alpha value is -2.84. The van der Waals surface area contributed by atoms with Crippen LogP contribution in [-0.4, -0.2) is 53.4 Å². The summed E-state index contributed by atoms with van der Waals surface area (Å²) < 4.78 is 5.20. The van der Waals surface area contributed by atoms with Crippen LogP contribution in [0.3, 0.4) is 0 Å². The third kappa shape index (κ3) is 7.41. The van der Waals surface area contributed by atoms with E-state index in [2.05, 4.69) is 63.5 Å². The zero-order valence-corrected chi connectivity index (χ0v) is 19.0. The van der Waals surface area contributed by atoms with Crippen LogP contribution >= 0.6 is 11.8 Å². The van der Waals surface area contributed by atoms with Gasteiger partial charge in [-0.3, -0.25) is 14.8 Å². The second-order valence-electron chi connectivity index (χ2n) is 7.49. The molecule has 2 N–H and O–H groups in total. The van der Waals surface area contributed by atoms with Gasteiger partial charge in [-0.2, -0.15) is 11.8 Å². The van der Waals surface area contributed by atoms with Crippen LogP contribution in [0.4, 0.5) is 5.95 Å². The van der Waals surface area contributed by atoms with Crippen LogP contribution in [0.1, 0.15) is 22.4 Å². The van der Waals surface area contributed by atoms with Crippen LogP contribution in [0.25, 0.3) is 0 Å². The highest BCUT2D eigenvalue weighted by molar-refractivity contribution is 7.98. The molecule has 0 aliphatic heterocycles. The zero-order valence-electron chi connectivity index (χ0n) is 18.2. The molecular weight excluding hydrogens is 410 g/mol. The predicted molar refractivity (Wildman–Crippen MR) is 127 cm³/mol. The Labute approximate surface area is 187 Å². The van der Waals surface area contributed by atoms with Crippen molar-refractivity contribution in [2.75, 3.05) is 38.8 Å². The number of thioether (sulfide) groups is 1. The van der Waals surface area contributed by atoms with Crippen LogP contribution < -0.4 is 15.6 Å². The minimum Gasteiger partial charge on any atom is -0.497 e. The number of ether oxygens (including phenoxy) is 1. The van der Waals surface area contributed by atoms with Gasteiger partial charge in [0, 0.05) is 60.7 Å². The fraction of sp³-hybridized carbons (Fsp3) is 0.348. The lowest BCUT2D eigenvalue weighted by molar-refractivity contribution is 0.402. The van der Waals surface area contributed by atoms with E-state index in [1.807, 2.05) is 17.8 Å². The molecule has 0 fully saturated rings. The number of anilines is 1. The molecule has 2 aromatic heterocycles. The molecule has 0 amide bonds. The fourth-order valence-electron chi connectivity index (χ4n) is 3.13. The molecule has 2 heterocycles. The number of aromatic amines is 1. The number of benzene rings is 1. The standard InChI is InChI=1S/C23H29N5O2S/c1-28(2)15-17-5-4-6-18(11-17)16-31-10-9-25-23-26-14-19(22(29)27-23)12-20-13-21(30-3)7-8-24-20/h4-8,11,13-14H,9-10,12,15-16H2,1-3H3,(H2,25,26,27,29). The highest BCUT2D eigenvalue weighted by Gasteiger charge is 2.06. The van der Waals surface area contributed by atoms with Gasteiger partial charge in [-0.05, 0) is 31.3 Å². The quantitative estimate of drug-likeness (QED) is 0.444. The number of nitrogens with zero attached hydrogens (tertiary/aromatic N) is 3.